The van der Waals surface area contributed by atoms with Gasteiger partial charge < -0.3 is 5.32 Å². The van der Waals surface area contributed by atoms with Gasteiger partial charge in [0.25, 0.3) is 5.91 Å². The third-order valence-corrected chi connectivity index (χ3v) is 5.54. The third kappa shape index (κ3) is 2.73. The van der Waals surface area contributed by atoms with Gasteiger partial charge in [-0.1, -0.05) is 47.5 Å². The van der Waals surface area contributed by atoms with Crippen LogP contribution in [0, 0.1) is 0 Å². The Hall–Kier alpha value is -2.14. The number of carbonyl (C=O) groups is 1. The molecule has 0 saturated carbocycles. The molecule has 2 aromatic heterocycles. The fraction of sp³-hybridized carbons (Fsp3) is 0. The number of amides is 1. The Morgan fingerprint density at radius 3 is 2.79 bits per heavy atom. The van der Waals surface area contributed by atoms with Crippen molar-refractivity contribution in [2.24, 2.45) is 0 Å². The zero-order chi connectivity index (χ0) is 16.7. The molecule has 4 aromatic rings. The summed E-state index contributed by atoms with van der Waals surface area (Å²) in [4.78, 5) is 17.4. The second-order valence-corrected chi connectivity index (χ2v) is 7.12. The van der Waals surface area contributed by atoms with Gasteiger partial charge in [-0.25, -0.2) is 0 Å². The number of aromatic nitrogens is 1. The van der Waals surface area contributed by atoms with E-state index in [1.807, 2.05) is 42.5 Å². The number of nitrogens with zero attached hydrogens (tertiary/aromatic N) is 1. The van der Waals surface area contributed by atoms with Crippen molar-refractivity contribution < 1.29 is 4.79 Å². The van der Waals surface area contributed by atoms with Gasteiger partial charge in [0.05, 0.1) is 22.4 Å². The summed E-state index contributed by atoms with van der Waals surface area (Å²) in [5, 5.41) is 5.71. The normalized spacial score (nSPS) is 11.1. The lowest BCUT2D eigenvalue weighted by Crippen LogP contribution is -2.10. The summed E-state index contributed by atoms with van der Waals surface area (Å²) < 4.78 is 0.884. The highest BCUT2D eigenvalue weighted by Gasteiger charge is 2.17. The number of carbonyl (C=O) groups excluding carboxylic acids is 1. The van der Waals surface area contributed by atoms with Gasteiger partial charge >= 0.3 is 0 Å². The number of benzene rings is 2. The van der Waals surface area contributed by atoms with Crippen LogP contribution in [0.25, 0.3) is 21.0 Å². The van der Waals surface area contributed by atoms with Gasteiger partial charge in [0.2, 0.25) is 0 Å². The molecule has 0 bridgehead atoms. The first-order valence-corrected chi connectivity index (χ1v) is 8.73. The summed E-state index contributed by atoms with van der Waals surface area (Å²) in [6.45, 7) is 0. The standard InChI is InChI=1S/C18H10Cl2N2OS/c19-11-5-6-13-15(8-11)24-17(16(13)20)18(23)22-12-7-10-3-1-2-4-14(10)21-9-12/h1-9H,(H,22,23). The van der Waals surface area contributed by atoms with Crippen molar-refractivity contribution in [2.75, 3.05) is 5.32 Å². The van der Waals surface area contributed by atoms with Crippen molar-refractivity contribution in [2.45, 2.75) is 0 Å². The highest BCUT2D eigenvalue weighted by atomic mass is 35.5. The molecule has 24 heavy (non-hydrogen) atoms. The topological polar surface area (TPSA) is 42.0 Å². The first kappa shape index (κ1) is 15.4. The van der Waals surface area contributed by atoms with Crippen LogP contribution in [-0.2, 0) is 0 Å². The van der Waals surface area contributed by atoms with E-state index in [0.717, 1.165) is 21.0 Å². The number of thiophene rings is 1. The van der Waals surface area contributed by atoms with Gasteiger partial charge in [0.15, 0.2) is 0 Å². The number of pyridine rings is 1. The van der Waals surface area contributed by atoms with Crippen LogP contribution in [0.1, 0.15) is 9.67 Å². The summed E-state index contributed by atoms with van der Waals surface area (Å²) in [6, 6.07) is 15.0. The summed E-state index contributed by atoms with van der Waals surface area (Å²) >= 11 is 13.7. The Morgan fingerprint density at radius 2 is 1.92 bits per heavy atom. The van der Waals surface area contributed by atoms with Crippen molar-refractivity contribution in [3.05, 3.63) is 69.7 Å². The summed E-state index contributed by atoms with van der Waals surface area (Å²) in [7, 11) is 0. The quantitative estimate of drug-likeness (QED) is 0.468. The number of hydrogen-bond donors (Lipinski definition) is 1. The van der Waals surface area contributed by atoms with Crippen molar-refractivity contribution in [1.29, 1.82) is 0 Å². The molecule has 0 spiro atoms. The van der Waals surface area contributed by atoms with E-state index in [2.05, 4.69) is 10.3 Å². The Morgan fingerprint density at radius 1 is 1.08 bits per heavy atom. The Kier molecular flexibility index (Phi) is 3.88. The smallest absolute Gasteiger partial charge is 0.267 e. The van der Waals surface area contributed by atoms with Crippen LogP contribution >= 0.6 is 34.5 Å². The summed E-state index contributed by atoms with van der Waals surface area (Å²) in [5.74, 6) is -0.255. The predicted octanol–water partition coefficient (Wildman–Crippen LogP) is 6.01. The molecule has 0 atom stereocenters. The Balaban J connectivity index is 1.69. The molecular weight excluding hydrogens is 363 g/mol. The molecule has 6 heteroatoms. The molecule has 4 rings (SSSR count). The SMILES string of the molecule is O=C(Nc1cnc2ccccc2c1)c1sc2cc(Cl)ccc2c1Cl. The molecule has 0 aliphatic carbocycles. The second-order valence-electron chi connectivity index (χ2n) is 5.26. The molecular formula is C18H10Cl2N2OS. The maximum absolute atomic E-state index is 12.6. The van der Waals surface area contributed by atoms with E-state index in [1.165, 1.54) is 11.3 Å². The fourth-order valence-corrected chi connectivity index (χ4v) is 4.20. The van der Waals surface area contributed by atoms with Gasteiger partial charge in [-0.15, -0.1) is 11.3 Å². The molecule has 1 N–H and O–H groups in total. The van der Waals surface area contributed by atoms with E-state index in [4.69, 9.17) is 23.2 Å². The maximum Gasteiger partial charge on any atom is 0.267 e. The minimum atomic E-state index is -0.255. The van der Waals surface area contributed by atoms with Crippen LogP contribution in [0.3, 0.4) is 0 Å². The minimum Gasteiger partial charge on any atom is -0.320 e. The molecule has 0 saturated heterocycles. The van der Waals surface area contributed by atoms with Crippen molar-refractivity contribution in [3.63, 3.8) is 0 Å². The van der Waals surface area contributed by atoms with Crippen molar-refractivity contribution in [3.8, 4) is 0 Å². The van der Waals surface area contributed by atoms with E-state index >= 15 is 0 Å². The largest absolute Gasteiger partial charge is 0.320 e. The molecule has 2 aromatic carbocycles. The van der Waals surface area contributed by atoms with Crippen LogP contribution in [0.15, 0.2) is 54.7 Å². The molecule has 1 amide bonds. The Labute approximate surface area is 151 Å². The van der Waals surface area contributed by atoms with E-state index in [-0.39, 0.29) is 5.91 Å². The fourth-order valence-electron chi connectivity index (χ4n) is 2.51. The lowest BCUT2D eigenvalue weighted by molar-refractivity contribution is 0.103. The van der Waals surface area contributed by atoms with Crippen LogP contribution in [-0.4, -0.2) is 10.9 Å². The monoisotopic (exact) mass is 372 g/mol. The van der Waals surface area contributed by atoms with Gasteiger partial charge in [0.1, 0.15) is 4.88 Å². The molecule has 3 nitrogen and oxygen atoms in total. The molecule has 118 valence electrons. The number of fused-ring (bicyclic) bond motifs is 2. The van der Waals surface area contributed by atoms with Crippen LogP contribution < -0.4 is 5.32 Å². The number of hydrogen-bond acceptors (Lipinski definition) is 3. The van der Waals surface area contributed by atoms with E-state index in [9.17, 15) is 4.79 Å². The molecule has 0 fully saturated rings. The van der Waals surface area contributed by atoms with Gasteiger partial charge in [-0.3, -0.25) is 9.78 Å². The average molecular weight is 373 g/mol. The minimum absolute atomic E-state index is 0.255. The van der Waals surface area contributed by atoms with Gasteiger partial charge in [-0.05, 0) is 24.3 Å². The predicted molar refractivity (Wildman–Crippen MR) is 102 cm³/mol. The third-order valence-electron chi connectivity index (χ3n) is 3.65. The molecule has 0 aliphatic heterocycles. The zero-order valence-corrected chi connectivity index (χ0v) is 14.5. The number of para-hydroxylation sites is 1. The zero-order valence-electron chi connectivity index (χ0n) is 12.2. The lowest BCUT2D eigenvalue weighted by atomic mass is 10.2. The number of anilines is 1. The first-order valence-electron chi connectivity index (χ1n) is 7.15. The number of rotatable bonds is 2. The molecule has 0 radical (unpaired) electrons. The van der Waals surface area contributed by atoms with Crippen LogP contribution in [0.4, 0.5) is 5.69 Å². The molecule has 0 unspecified atom stereocenters. The highest BCUT2D eigenvalue weighted by Crippen LogP contribution is 2.37. The molecule has 0 aliphatic rings. The van der Waals surface area contributed by atoms with E-state index in [1.54, 1.807) is 12.3 Å². The van der Waals surface area contributed by atoms with E-state index < -0.39 is 0 Å². The van der Waals surface area contributed by atoms with Crippen LogP contribution in [0.2, 0.25) is 10.0 Å². The van der Waals surface area contributed by atoms with E-state index in [0.29, 0.717) is 20.6 Å². The maximum atomic E-state index is 12.6. The van der Waals surface area contributed by atoms with Crippen LogP contribution in [0.5, 0.6) is 0 Å². The second kappa shape index (κ2) is 6.06. The van der Waals surface area contributed by atoms with Crippen molar-refractivity contribution in [1.82, 2.24) is 4.98 Å². The lowest BCUT2D eigenvalue weighted by Gasteiger charge is -2.05. The van der Waals surface area contributed by atoms with Gasteiger partial charge in [-0.2, -0.15) is 0 Å². The summed E-state index contributed by atoms with van der Waals surface area (Å²) in [5.41, 5.74) is 1.51. The highest BCUT2D eigenvalue weighted by molar-refractivity contribution is 7.21. The molecule has 2 heterocycles. The summed E-state index contributed by atoms with van der Waals surface area (Å²) in [6.07, 6.45) is 1.64. The van der Waals surface area contributed by atoms with Gasteiger partial charge in [0, 0.05) is 20.5 Å². The van der Waals surface area contributed by atoms with Crippen molar-refractivity contribution >= 4 is 67.1 Å². The number of nitrogens with one attached hydrogen (secondary N) is 1. The number of halogens is 2. The Bertz CT molecular complexity index is 1090. The average Bonchev–Trinajstić information content (AvgIpc) is 2.91. The first-order chi connectivity index (χ1) is 11.6.